The SMILES string of the molecule is O=C(c1ccoc1Br)c1c[nH]c2cc(Br)ccc12. The third-order valence-electron chi connectivity index (χ3n) is 2.75. The van der Waals surface area contributed by atoms with Crippen molar-refractivity contribution in [2.75, 3.05) is 0 Å². The number of carbonyl (C=O) groups is 1. The van der Waals surface area contributed by atoms with E-state index in [1.165, 1.54) is 6.26 Å². The minimum Gasteiger partial charge on any atom is -0.457 e. The van der Waals surface area contributed by atoms with Crippen LogP contribution in [-0.4, -0.2) is 10.8 Å². The molecule has 0 aliphatic heterocycles. The fraction of sp³-hybridized carbons (Fsp3) is 0. The lowest BCUT2D eigenvalue weighted by Gasteiger charge is -1.97. The molecule has 3 aromatic rings. The topological polar surface area (TPSA) is 46.0 Å². The highest BCUT2D eigenvalue weighted by Gasteiger charge is 2.18. The van der Waals surface area contributed by atoms with Crippen molar-refractivity contribution in [3.05, 3.63) is 57.0 Å². The van der Waals surface area contributed by atoms with E-state index in [9.17, 15) is 4.79 Å². The zero-order chi connectivity index (χ0) is 12.7. The fourth-order valence-electron chi connectivity index (χ4n) is 1.89. The summed E-state index contributed by atoms with van der Waals surface area (Å²) in [6.07, 6.45) is 3.21. The standard InChI is InChI=1S/C13H7Br2NO2/c14-7-1-2-8-10(6-16-11(8)5-7)12(17)9-3-4-18-13(9)15/h1-6,16H. The number of H-pyrrole nitrogens is 1. The number of carbonyl (C=O) groups excluding carboxylic acids is 1. The molecule has 1 aromatic carbocycles. The molecule has 2 aromatic heterocycles. The first kappa shape index (κ1) is 11.7. The van der Waals surface area contributed by atoms with E-state index in [1.807, 2.05) is 18.2 Å². The fourth-order valence-corrected chi connectivity index (χ4v) is 2.67. The van der Waals surface area contributed by atoms with Crippen LogP contribution in [0.3, 0.4) is 0 Å². The van der Waals surface area contributed by atoms with Gasteiger partial charge in [0.05, 0.1) is 11.8 Å². The van der Waals surface area contributed by atoms with Crippen LogP contribution < -0.4 is 0 Å². The summed E-state index contributed by atoms with van der Waals surface area (Å²) in [5.41, 5.74) is 2.09. The van der Waals surface area contributed by atoms with Crippen molar-refractivity contribution < 1.29 is 9.21 Å². The van der Waals surface area contributed by atoms with Crippen LogP contribution in [0.1, 0.15) is 15.9 Å². The number of halogens is 2. The molecule has 1 N–H and O–H groups in total. The van der Waals surface area contributed by atoms with Crippen molar-refractivity contribution >= 4 is 48.5 Å². The van der Waals surface area contributed by atoms with Gasteiger partial charge in [0.1, 0.15) is 0 Å². The van der Waals surface area contributed by atoms with Crippen LogP contribution in [0.2, 0.25) is 0 Å². The van der Waals surface area contributed by atoms with Gasteiger partial charge in [-0.15, -0.1) is 0 Å². The van der Waals surface area contributed by atoms with Crippen LogP contribution in [0.5, 0.6) is 0 Å². The van der Waals surface area contributed by atoms with Gasteiger partial charge in [0.15, 0.2) is 10.5 Å². The number of aromatic nitrogens is 1. The van der Waals surface area contributed by atoms with Gasteiger partial charge in [-0.1, -0.05) is 22.0 Å². The number of hydrogen-bond acceptors (Lipinski definition) is 2. The summed E-state index contributed by atoms with van der Waals surface area (Å²) in [4.78, 5) is 15.5. The third kappa shape index (κ3) is 1.83. The molecule has 0 amide bonds. The van der Waals surface area contributed by atoms with Crippen molar-refractivity contribution in [3.63, 3.8) is 0 Å². The first-order valence-corrected chi connectivity index (χ1v) is 6.80. The summed E-state index contributed by atoms with van der Waals surface area (Å²) in [6, 6.07) is 7.43. The van der Waals surface area contributed by atoms with Crippen molar-refractivity contribution in [2.45, 2.75) is 0 Å². The number of hydrogen-bond donors (Lipinski definition) is 1. The molecule has 0 radical (unpaired) electrons. The van der Waals surface area contributed by atoms with Crippen LogP contribution in [0.4, 0.5) is 0 Å². The summed E-state index contributed by atoms with van der Waals surface area (Å²) < 4.78 is 6.52. The molecule has 5 heteroatoms. The van der Waals surface area contributed by atoms with Gasteiger partial charge in [0, 0.05) is 27.1 Å². The summed E-state index contributed by atoms with van der Waals surface area (Å²) in [5, 5.41) is 0.899. The van der Waals surface area contributed by atoms with Gasteiger partial charge in [0.2, 0.25) is 0 Å². The van der Waals surface area contributed by atoms with Gasteiger partial charge < -0.3 is 9.40 Å². The Balaban J connectivity index is 2.16. The number of fused-ring (bicyclic) bond motifs is 1. The largest absolute Gasteiger partial charge is 0.457 e. The van der Waals surface area contributed by atoms with Crippen LogP contribution >= 0.6 is 31.9 Å². The third-order valence-corrected chi connectivity index (χ3v) is 3.86. The lowest BCUT2D eigenvalue weighted by Crippen LogP contribution is -1.99. The summed E-state index contributed by atoms with van der Waals surface area (Å²) in [6.45, 7) is 0. The number of rotatable bonds is 2. The molecule has 3 nitrogen and oxygen atoms in total. The van der Waals surface area contributed by atoms with Crippen molar-refractivity contribution in [1.82, 2.24) is 4.98 Å². The molecule has 90 valence electrons. The maximum absolute atomic E-state index is 12.4. The van der Waals surface area contributed by atoms with Crippen LogP contribution in [-0.2, 0) is 0 Å². The highest BCUT2D eigenvalue weighted by Crippen LogP contribution is 2.27. The van der Waals surface area contributed by atoms with Gasteiger partial charge in [-0.05, 0) is 34.1 Å². The van der Waals surface area contributed by atoms with Crippen LogP contribution in [0.15, 0.2) is 50.3 Å². The van der Waals surface area contributed by atoms with E-state index in [0.29, 0.717) is 15.8 Å². The van der Waals surface area contributed by atoms with Crippen molar-refractivity contribution in [2.24, 2.45) is 0 Å². The molecule has 0 aliphatic rings. The van der Waals surface area contributed by atoms with E-state index >= 15 is 0 Å². The smallest absolute Gasteiger partial charge is 0.199 e. The highest BCUT2D eigenvalue weighted by molar-refractivity contribution is 9.10. The minimum absolute atomic E-state index is 0.0656. The maximum Gasteiger partial charge on any atom is 0.199 e. The molecule has 0 unspecified atom stereocenters. The quantitative estimate of drug-likeness (QED) is 0.676. The second kappa shape index (κ2) is 4.40. The average molecular weight is 369 g/mol. The zero-order valence-electron chi connectivity index (χ0n) is 9.04. The van der Waals surface area contributed by atoms with E-state index in [2.05, 4.69) is 36.8 Å². The summed E-state index contributed by atoms with van der Waals surface area (Å²) >= 11 is 6.62. The second-order valence-corrected chi connectivity index (χ2v) is 5.47. The van der Waals surface area contributed by atoms with E-state index in [4.69, 9.17) is 4.42 Å². The highest BCUT2D eigenvalue weighted by atomic mass is 79.9. The lowest BCUT2D eigenvalue weighted by atomic mass is 10.1. The van der Waals surface area contributed by atoms with E-state index in [-0.39, 0.29) is 5.78 Å². The van der Waals surface area contributed by atoms with Crippen LogP contribution in [0, 0.1) is 0 Å². The van der Waals surface area contributed by atoms with E-state index < -0.39 is 0 Å². The molecule has 0 fully saturated rings. The Bertz CT molecular complexity index is 742. The Morgan fingerprint density at radius 1 is 1.17 bits per heavy atom. The summed E-state index contributed by atoms with van der Waals surface area (Å²) in [7, 11) is 0. The molecule has 3 rings (SSSR count). The van der Waals surface area contributed by atoms with Gasteiger partial charge >= 0.3 is 0 Å². The van der Waals surface area contributed by atoms with Gasteiger partial charge in [0.25, 0.3) is 0 Å². The van der Waals surface area contributed by atoms with Crippen LogP contribution in [0.25, 0.3) is 10.9 Å². The molecule has 0 spiro atoms. The molecule has 0 atom stereocenters. The second-order valence-electron chi connectivity index (χ2n) is 3.83. The van der Waals surface area contributed by atoms with Crippen molar-refractivity contribution in [3.8, 4) is 0 Å². The Morgan fingerprint density at radius 3 is 2.72 bits per heavy atom. The number of nitrogens with one attached hydrogen (secondary N) is 1. The zero-order valence-corrected chi connectivity index (χ0v) is 12.2. The molecule has 0 aliphatic carbocycles. The van der Waals surface area contributed by atoms with Gasteiger partial charge in [-0.25, -0.2) is 0 Å². The van der Waals surface area contributed by atoms with Gasteiger partial charge in [-0.2, -0.15) is 0 Å². The number of ketones is 1. The normalized spacial score (nSPS) is 11.0. The Morgan fingerprint density at radius 2 is 2.00 bits per heavy atom. The van der Waals surface area contributed by atoms with Crippen molar-refractivity contribution in [1.29, 1.82) is 0 Å². The molecule has 0 saturated carbocycles. The number of furan rings is 1. The molecule has 2 heterocycles. The first-order chi connectivity index (χ1) is 8.66. The number of benzene rings is 1. The average Bonchev–Trinajstić information content (AvgIpc) is 2.94. The van der Waals surface area contributed by atoms with Gasteiger partial charge in [-0.3, -0.25) is 4.79 Å². The first-order valence-electron chi connectivity index (χ1n) is 5.21. The predicted molar refractivity (Wildman–Crippen MR) is 75.8 cm³/mol. The maximum atomic E-state index is 12.4. The lowest BCUT2D eigenvalue weighted by molar-refractivity contribution is 0.103. The Labute approximate surface area is 119 Å². The molecular weight excluding hydrogens is 362 g/mol. The summed E-state index contributed by atoms with van der Waals surface area (Å²) in [5.74, 6) is -0.0656. The minimum atomic E-state index is -0.0656. The predicted octanol–water partition coefficient (Wildman–Crippen LogP) is 4.52. The molecular formula is C13H7Br2NO2. The molecule has 0 bridgehead atoms. The number of aromatic amines is 1. The Kier molecular flexibility index (Phi) is 2.87. The Hall–Kier alpha value is -1.33. The van der Waals surface area contributed by atoms with E-state index in [0.717, 1.165) is 15.4 Å². The monoisotopic (exact) mass is 367 g/mol. The van der Waals surface area contributed by atoms with E-state index in [1.54, 1.807) is 12.3 Å². The molecule has 0 saturated heterocycles. The molecule has 18 heavy (non-hydrogen) atoms.